The lowest BCUT2D eigenvalue weighted by molar-refractivity contribution is -0.141. The van der Waals surface area contributed by atoms with Gasteiger partial charge in [0.25, 0.3) is 0 Å². The van der Waals surface area contributed by atoms with Crippen LogP contribution in [0.3, 0.4) is 0 Å². The molecule has 0 aliphatic heterocycles. The van der Waals surface area contributed by atoms with Crippen LogP contribution in [0.4, 0.5) is 0 Å². The van der Waals surface area contributed by atoms with E-state index in [1.165, 1.54) is 6.08 Å². The van der Waals surface area contributed by atoms with Crippen LogP contribution in [0.1, 0.15) is 6.42 Å². The van der Waals surface area contributed by atoms with Gasteiger partial charge in [0.2, 0.25) is 0 Å². The lowest BCUT2D eigenvalue weighted by Gasteiger charge is -2.24. The monoisotopic (exact) mass is 198 g/mol. The molecule has 1 unspecified atom stereocenters. The van der Waals surface area contributed by atoms with Crippen molar-refractivity contribution in [2.45, 2.75) is 12.0 Å². The summed E-state index contributed by atoms with van der Waals surface area (Å²) < 4.78 is 0. The van der Waals surface area contributed by atoms with E-state index < -0.39 is 17.5 Å². The summed E-state index contributed by atoms with van der Waals surface area (Å²) in [5.74, 6) is -2.42. The van der Waals surface area contributed by atoms with Crippen molar-refractivity contribution in [1.82, 2.24) is 0 Å². The molecule has 14 heavy (non-hydrogen) atoms. The summed E-state index contributed by atoms with van der Waals surface area (Å²) in [6.07, 6.45) is 2.19. The molecule has 6 nitrogen and oxygen atoms in total. The van der Waals surface area contributed by atoms with Gasteiger partial charge < -0.3 is 21.7 Å². The molecule has 0 amide bonds. The van der Waals surface area contributed by atoms with Crippen LogP contribution in [-0.4, -0.2) is 27.7 Å². The Kier molecular flexibility index (Phi) is 2.31. The van der Waals surface area contributed by atoms with Gasteiger partial charge in [-0.05, 0) is 12.5 Å². The first kappa shape index (κ1) is 10.3. The molecule has 1 aliphatic carbocycles. The van der Waals surface area contributed by atoms with E-state index in [2.05, 4.69) is 0 Å². The topological polar surface area (TPSA) is 127 Å². The third-order valence-corrected chi connectivity index (χ3v) is 2.00. The number of hydrogen-bond acceptors (Lipinski definition) is 4. The van der Waals surface area contributed by atoms with Crippen LogP contribution in [0.5, 0.6) is 0 Å². The Morgan fingerprint density at radius 2 is 2.00 bits per heavy atom. The number of aliphatic carboxylic acids is 2. The van der Waals surface area contributed by atoms with Crippen LogP contribution >= 0.6 is 0 Å². The summed E-state index contributed by atoms with van der Waals surface area (Å²) in [6, 6.07) is 0. The minimum absolute atomic E-state index is 0.0787. The highest BCUT2D eigenvalue weighted by molar-refractivity contribution is 5.93. The number of carboxylic acid groups (broad SMARTS) is 2. The standard InChI is InChI=1S/C8H10N2O4/c9-5-3-8(10,7(13)14)2-1-4(5)6(11)12/h1,3H,2,9-10H2,(H,11,12)(H,13,14). The third-order valence-electron chi connectivity index (χ3n) is 2.00. The summed E-state index contributed by atoms with van der Waals surface area (Å²) in [6.45, 7) is 0. The average Bonchev–Trinajstić information content (AvgIpc) is 2.02. The molecule has 6 heteroatoms. The van der Waals surface area contributed by atoms with Crippen molar-refractivity contribution in [3.05, 3.63) is 23.4 Å². The van der Waals surface area contributed by atoms with E-state index in [0.29, 0.717) is 0 Å². The first-order valence-electron chi connectivity index (χ1n) is 3.81. The molecule has 1 aliphatic rings. The van der Waals surface area contributed by atoms with Gasteiger partial charge in [0.1, 0.15) is 5.54 Å². The molecule has 0 radical (unpaired) electrons. The Morgan fingerprint density at radius 3 is 2.36 bits per heavy atom. The van der Waals surface area contributed by atoms with Gasteiger partial charge in [-0.3, -0.25) is 0 Å². The van der Waals surface area contributed by atoms with Gasteiger partial charge >= 0.3 is 11.9 Å². The second-order valence-electron chi connectivity index (χ2n) is 3.07. The van der Waals surface area contributed by atoms with Gasteiger partial charge in [-0.25, -0.2) is 9.59 Å². The van der Waals surface area contributed by atoms with Crippen molar-refractivity contribution in [1.29, 1.82) is 0 Å². The first-order valence-corrected chi connectivity index (χ1v) is 3.81. The van der Waals surface area contributed by atoms with E-state index in [1.54, 1.807) is 0 Å². The SMILES string of the molecule is NC1=CC(N)(C(=O)O)CC=C1C(=O)O. The molecule has 0 saturated carbocycles. The molecule has 0 spiro atoms. The van der Waals surface area contributed by atoms with Gasteiger partial charge in [0.15, 0.2) is 0 Å². The normalized spacial score (nSPS) is 26.4. The molecular formula is C8H10N2O4. The minimum Gasteiger partial charge on any atom is -0.480 e. The largest absolute Gasteiger partial charge is 0.480 e. The number of carboxylic acids is 2. The zero-order chi connectivity index (χ0) is 10.9. The first-order chi connectivity index (χ1) is 6.37. The highest BCUT2D eigenvalue weighted by Crippen LogP contribution is 2.22. The fourth-order valence-electron chi connectivity index (χ4n) is 1.16. The highest BCUT2D eigenvalue weighted by Gasteiger charge is 2.35. The van der Waals surface area contributed by atoms with Crippen LogP contribution in [0.2, 0.25) is 0 Å². The van der Waals surface area contributed by atoms with Crippen LogP contribution in [0, 0.1) is 0 Å². The van der Waals surface area contributed by atoms with Crippen molar-refractivity contribution in [3.8, 4) is 0 Å². The van der Waals surface area contributed by atoms with E-state index in [4.69, 9.17) is 21.7 Å². The van der Waals surface area contributed by atoms with Gasteiger partial charge in [-0.2, -0.15) is 0 Å². The van der Waals surface area contributed by atoms with E-state index >= 15 is 0 Å². The Labute approximate surface area is 79.5 Å². The van der Waals surface area contributed by atoms with Gasteiger partial charge in [0, 0.05) is 5.70 Å². The number of hydrogen-bond donors (Lipinski definition) is 4. The smallest absolute Gasteiger partial charge is 0.337 e. The molecule has 76 valence electrons. The number of carbonyl (C=O) groups is 2. The summed E-state index contributed by atoms with van der Waals surface area (Å²) in [4.78, 5) is 21.3. The van der Waals surface area contributed by atoms with Crippen LogP contribution in [0.25, 0.3) is 0 Å². The Bertz CT molecular complexity index is 358. The number of nitrogens with two attached hydrogens (primary N) is 2. The second-order valence-corrected chi connectivity index (χ2v) is 3.07. The predicted octanol–water partition coefficient (Wildman–Crippen LogP) is -0.974. The van der Waals surface area contributed by atoms with Crippen molar-refractivity contribution < 1.29 is 19.8 Å². The molecule has 0 heterocycles. The molecule has 0 aromatic carbocycles. The van der Waals surface area contributed by atoms with Gasteiger partial charge in [0.05, 0.1) is 5.57 Å². The highest BCUT2D eigenvalue weighted by atomic mass is 16.4. The number of rotatable bonds is 2. The molecule has 0 aromatic rings. The molecule has 0 bridgehead atoms. The van der Waals surface area contributed by atoms with Gasteiger partial charge in [-0.15, -0.1) is 0 Å². The maximum absolute atomic E-state index is 10.7. The molecule has 1 atom stereocenters. The Balaban J connectivity index is 3.03. The van der Waals surface area contributed by atoms with Crippen molar-refractivity contribution in [2.75, 3.05) is 0 Å². The zero-order valence-electron chi connectivity index (χ0n) is 7.23. The fraction of sp³-hybridized carbons (Fsp3) is 0.250. The van der Waals surface area contributed by atoms with E-state index in [0.717, 1.165) is 6.08 Å². The maximum atomic E-state index is 10.7. The predicted molar refractivity (Wildman–Crippen MR) is 47.2 cm³/mol. The van der Waals surface area contributed by atoms with E-state index in [9.17, 15) is 9.59 Å². The van der Waals surface area contributed by atoms with E-state index in [1.807, 2.05) is 0 Å². The van der Waals surface area contributed by atoms with Crippen molar-refractivity contribution in [2.24, 2.45) is 11.5 Å². The third kappa shape index (κ3) is 1.60. The molecule has 1 rings (SSSR count). The molecular weight excluding hydrogens is 188 g/mol. The summed E-state index contributed by atoms with van der Waals surface area (Å²) >= 11 is 0. The van der Waals surface area contributed by atoms with E-state index in [-0.39, 0.29) is 17.7 Å². The van der Waals surface area contributed by atoms with Crippen molar-refractivity contribution in [3.63, 3.8) is 0 Å². The fourth-order valence-corrected chi connectivity index (χ4v) is 1.16. The van der Waals surface area contributed by atoms with Crippen LogP contribution in [0.15, 0.2) is 23.4 Å². The van der Waals surface area contributed by atoms with Crippen molar-refractivity contribution >= 4 is 11.9 Å². The second kappa shape index (κ2) is 3.15. The van der Waals surface area contributed by atoms with Crippen LogP contribution in [-0.2, 0) is 9.59 Å². The summed E-state index contributed by atoms with van der Waals surface area (Å²) in [5, 5.41) is 17.4. The Morgan fingerprint density at radius 1 is 1.43 bits per heavy atom. The lowest BCUT2D eigenvalue weighted by atomic mass is 9.88. The summed E-state index contributed by atoms with van der Waals surface area (Å²) in [5.41, 5.74) is 9.01. The summed E-state index contributed by atoms with van der Waals surface area (Å²) in [7, 11) is 0. The molecule has 0 saturated heterocycles. The van der Waals surface area contributed by atoms with Gasteiger partial charge in [-0.1, -0.05) is 6.08 Å². The Hall–Kier alpha value is -1.82. The molecule has 6 N–H and O–H groups in total. The minimum atomic E-state index is -1.59. The average molecular weight is 198 g/mol. The molecule has 0 fully saturated rings. The quantitative estimate of drug-likeness (QED) is 0.452. The maximum Gasteiger partial charge on any atom is 0.337 e. The lowest BCUT2D eigenvalue weighted by Crippen LogP contribution is -2.48. The zero-order valence-corrected chi connectivity index (χ0v) is 7.23. The molecule has 0 aromatic heterocycles. The van der Waals surface area contributed by atoms with Crippen LogP contribution < -0.4 is 11.5 Å².